The van der Waals surface area contributed by atoms with Crippen LogP contribution >= 0.6 is 12.4 Å². The molecule has 6 heteroatoms. The summed E-state index contributed by atoms with van der Waals surface area (Å²) in [4.78, 5) is 16.0. The van der Waals surface area contributed by atoms with Crippen molar-refractivity contribution in [3.05, 3.63) is 0 Å². The van der Waals surface area contributed by atoms with Crippen LogP contribution in [0.5, 0.6) is 0 Å². The van der Waals surface area contributed by atoms with Crippen LogP contribution in [0.2, 0.25) is 0 Å². The van der Waals surface area contributed by atoms with Crippen LogP contribution < -0.4 is 5.32 Å². The van der Waals surface area contributed by atoms with Gasteiger partial charge >= 0.3 is 6.09 Å². The van der Waals surface area contributed by atoms with Crippen LogP contribution in [0.15, 0.2) is 0 Å². The van der Waals surface area contributed by atoms with E-state index >= 15 is 0 Å². The van der Waals surface area contributed by atoms with E-state index in [1.54, 1.807) is 4.90 Å². The van der Waals surface area contributed by atoms with Gasteiger partial charge in [0, 0.05) is 45.3 Å². The zero-order valence-corrected chi connectivity index (χ0v) is 12.3. The smallest absolute Gasteiger partial charge is 0.410 e. The van der Waals surface area contributed by atoms with Gasteiger partial charge in [-0.1, -0.05) is 0 Å². The Labute approximate surface area is 115 Å². The standard InChI is InChI=1S/C12H23N3O2.ClH/c1-12(2,3)17-11(16)15-8-10(9-15)14-6-4-13-5-7-14;/h10,13H,4-9H2,1-3H3;1H. The SMILES string of the molecule is CC(C)(C)OC(=O)N1CC(N2CCNCC2)C1.Cl. The summed E-state index contributed by atoms with van der Waals surface area (Å²) in [5.41, 5.74) is -0.392. The van der Waals surface area contributed by atoms with Crippen molar-refractivity contribution in [3.8, 4) is 0 Å². The number of halogens is 1. The predicted molar refractivity (Wildman–Crippen MR) is 73.3 cm³/mol. The number of amides is 1. The van der Waals surface area contributed by atoms with Crippen molar-refractivity contribution in [2.24, 2.45) is 0 Å². The Kier molecular flexibility index (Phi) is 5.25. The van der Waals surface area contributed by atoms with E-state index in [4.69, 9.17) is 4.74 Å². The van der Waals surface area contributed by atoms with Crippen molar-refractivity contribution in [3.63, 3.8) is 0 Å². The quantitative estimate of drug-likeness (QED) is 0.775. The molecule has 2 aliphatic heterocycles. The molecule has 0 unspecified atom stereocenters. The van der Waals surface area contributed by atoms with Crippen LogP contribution in [0, 0.1) is 0 Å². The van der Waals surface area contributed by atoms with Gasteiger partial charge in [0.15, 0.2) is 0 Å². The maximum absolute atomic E-state index is 11.7. The van der Waals surface area contributed by atoms with E-state index in [0.717, 1.165) is 39.3 Å². The topological polar surface area (TPSA) is 44.8 Å². The Hall–Kier alpha value is -0.520. The summed E-state index contributed by atoms with van der Waals surface area (Å²) in [5, 5.41) is 3.34. The fourth-order valence-electron chi connectivity index (χ4n) is 2.21. The van der Waals surface area contributed by atoms with Crippen LogP contribution in [0.25, 0.3) is 0 Å². The van der Waals surface area contributed by atoms with Crippen molar-refractivity contribution in [2.45, 2.75) is 32.4 Å². The molecule has 0 aliphatic carbocycles. The zero-order valence-electron chi connectivity index (χ0n) is 11.4. The number of nitrogens with one attached hydrogen (secondary N) is 1. The minimum absolute atomic E-state index is 0. The highest BCUT2D eigenvalue weighted by Gasteiger charge is 2.37. The highest BCUT2D eigenvalue weighted by Crippen LogP contribution is 2.19. The Bertz CT molecular complexity index is 282. The van der Waals surface area contributed by atoms with E-state index < -0.39 is 5.60 Å². The molecular formula is C12H24ClN3O2. The van der Waals surface area contributed by atoms with E-state index in [1.807, 2.05) is 20.8 Å². The van der Waals surface area contributed by atoms with Crippen molar-refractivity contribution in [1.29, 1.82) is 0 Å². The van der Waals surface area contributed by atoms with Gasteiger partial charge in [-0.2, -0.15) is 0 Å². The number of likely N-dealkylation sites (tertiary alicyclic amines) is 1. The first kappa shape index (κ1) is 15.5. The third-order valence-corrected chi connectivity index (χ3v) is 3.18. The van der Waals surface area contributed by atoms with Gasteiger partial charge in [0.25, 0.3) is 0 Å². The summed E-state index contributed by atoms with van der Waals surface area (Å²) >= 11 is 0. The van der Waals surface area contributed by atoms with Crippen molar-refractivity contribution in [1.82, 2.24) is 15.1 Å². The van der Waals surface area contributed by atoms with Gasteiger partial charge in [0.1, 0.15) is 5.60 Å². The fourth-order valence-corrected chi connectivity index (χ4v) is 2.21. The minimum Gasteiger partial charge on any atom is -0.444 e. The van der Waals surface area contributed by atoms with Crippen LogP contribution in [0.3, 0.4) is 0 Å². The first-order valence-corrected chi connectivity index (χ1v) is 6.38. The fraction of sp³-hybridized carbons (Fsp3) is 0.917. The lowest BCUT2D eigenvalue weighted by atomic mass is 10.1. The average Bonchev–Trinajstić information content (AvgIpc) is 2.14. The first-order valence-electron chi connectivity index (χ1n) is 6.38. The maximum Gasteiger partial charge on any atom is 0.410 e. The number of ether oxygens (including phenoxy) is 1. The molecule has 106 valence electrons. The lowest BCUT2D eigenvalue weighted by molar-refractivity contribution is -0.0172. The van der Waals surface area contributed by atoms with Gasteiger partial charge < -0.3 is 15.0 Å². The van der Waals surface area contributed by atoms with Gasteiger partial charge in [0.05, 0.1) is 0 Å². The van der Waals surface area contributed by atoms with Crippen molar-refractivity contribution < 1.29 is 9.53 Å². The lowest BCUT2D eigenvalue weighted by Crippen LogP contribution is -2.64. The molecule has 2 rings (SSSR count). The molecular weight excluding hydrogens is 254 g/mol. The number of carbonyl (C=O) groups excluding carboxylic acids is 1. The Morgan fingerprint density at radius 3 is 2.28 bits per heavy atom. The third-order valence-electron chi connectivity index (χ3n) is 3.18. The second kappa shape index (κ2) is 6.08. The van der Waals surface area contributed by atoms with E-state index in [1.165, 1.54) is 0 Å². The van der Waals surface area contributed by atoms with Crippen LogP contribution in [-0.2, 0) is 4.74 Å². The molecule has 0 bridgehead atoms. The molecule has 2 saturated heterocycles. The third kappa shape index (κ3) is 4.00. The Morgan fingerprint density at radius 1 is 1.22 bits per heavy atom. The van der Waals surface area contributed by atoms with Crippen LogP contribution in [0.1, 0.15) is 20.8 Å². The second-order valence-corrected chi connectivity index (χ2v) is 5.83. The Morgan fingerprint density at radius 2 is 1.78 bits per heavy atom. The van der Waals surface area contributed by atoms with E-state index in [0.29, 0.717) is 6.04 Å². The molecule has 0 aromatic carbocycles. The summed E-state index contributed by atoms with van der Waals surface area (Å²) in [7, 11) is 0. The Balaban J connectivity index is 0.00000162. The monoisotopic (exact) mass is 277 g/mol. The molecule has 0 saturated carbocycles. The van der Waals surface area contributed by atoms with Crippen LogP contribution in [-0.4, -0.2) is 66.8 Å². The van der Waals surface area contributed by atoms with Crippen molar-refractivity contribution in [2.75, 3.05) is 39.3 Å². The van der Waals surface area contributed by atoms with Gasteiger partial charge in [0.2, 0.25) is 0 Å². The number of hydrogen-bond acceptors (Lipinski definition) is 4. The summed E-state index contributed by atoms with van der Waals surface area (Å²) in [6.45, 7) is 11.6. The highest BCUT2D eigenvalue weighted by atomic mass is 35.5. The molecule has 5 nitrogen and oxygen atoms in total. The molecule has 0 aromatic rings. The number of piperazine rings is 1. The van der Waals surface area contributed by atoms with Gasteiger partial charge in [-0.05, 0) is 20.8 Å². The van der Waals surface area contributed by atoms with Gasteiger partial charge in [-0.15, -0.1) is 12.4 Å². The molecule has 0 radical (unpaired) electrons. The summed E-state index contributed by atoms with van der Waals surface area (Å²) < 4.78 is 5.33. The molecule has 0 spiro atoms. The molecule has 2 fully saturated rings. The molecule has 1 N–H and O–H groups in total. The van der Waals surface area contributed by atoms with Crippen LogP contribution in [0.4, 0.5) is 4.79 Å². The first-order chi connectivity index (χ1) is 7.96. The molecule has 1 amide bonds. The van der Waals surface area contributed by atoms with E-state index in [-0.39, 0.29) is 18.5 Å². The average molecular weight is 278 g/mol. The minimum atomic E-state index is -0.392. The molecule has 0 aromatic heterocycles. The number of rotatable bonds is 1. The number of nitrogens with zero attached hydrogens (tertiary/aromatic N) is 2. The summed E-state index contributed by atoms with van der Waals surface area (Å²) in [6.07, 6.45) is -0.177. The normalized spacial score (nSPS) is 22.1. The summed E-state index contributed by atoms with van der Waals surface area (Å²) in [6, 6.07) is 0.532. The highest BCUT2D eigenvalue weighted by molar-refractivity contribution is 5.85. The number of hydrogen-bond donors (Lipinski definition) is 1. The zero-order chi connectivity index (χ0) is 12.5. The predicted octanol–water partition coefficient (Wildman–Crippen LogP) is 0.933. The largest absolute Gasteiger partial charge is 0.444 e. The lowest BCUT2D eigenvalue weighted by Gasteiger charge is -2.46. The molecule has 18 heavy (non-hydrogen) atoms. The summed E-state index contributed by atoms with van der Waals surface area (Å²) in [5.74, 6) is 0. The van der Waals surface area contributed by atoms with Gasteiger partial charge in [-0.3, -0.25) is 4.90 Å². The van der Waals surface area contributed by atoms with E-state index in [2.05, 4.69) is 10.2 Å². The van der Waals surface area contributed by atoms with Crippen molar-refractivity contribution >= 4 is 18.5 Å². The van der Waals surface area contributed by atoms with E-state index in [9.17, 15) is 4.79 Å². The molecule has 0 atom stereocenters. The molecule has 2 aliphatic rings. The second-order valence-electron chi connectivity index (χ2n) is 5.83. The molecule has 2 heterocycles. The maximum atomic E-state index is 11.7. The number of carbonyl (C=O) groups is 1. The van der Waals surface area contributed by atoms with Gasteiger partial charge in [-0.25, -0.2) is 4.79 Å².